The molecule has 0 aromatic heterocycles. The van der Waals surface area contributed by atoms with Gasteiger partial charge in [-0.05, 0) is 31.2 Å². The molecule has 0 fully saturated rings. The molecule has 0 saturated heterocycles. The second-order valence-corrected chi connectivity index (χ2v) is 7.05. The van der Waals surface area contributed by atoms with E-state index in [0.29, 0.717) is 5.69 Å². The number of hydrogen-bond acceptors (Lipinski definition) is 8. The quantitative estimate of drug-likeness (QED) is 0.309. The third kappa shape index (κ3) is 6.89. The normalized spacial score (nSPS) is 11.7. The first-order valence-corrected chi connectivity index (χ1v) is 8.97. The molecule has 0 bridgehead atoms. The summed E-state index contributed by atoms with van der Waals surface area (Å²) in [5.74, 6) is -2.10. The second kappa shape index (κ2) is 9.46. The highest BCUT2D eigenvalue weighted by Gasteiger charge is 2.18. The smallest absolute Gasteiger partial charge is 0.321 e. The summed E-state index contributed by atoms with van der Waals surface area (Å²) in [5.41, 5.74) is 5.42. The van der Waals surface area contributed by atoms with Crippen molar-refractivity contribution in [2.75, 3.05) is 18.5 Å². The van der Waals surface area contributed by atoms with Crippen molar-refractivity contribution in [3.8, 4) is 6.07 Å². The number of allylic oxidation sites excluding steroid dienone is 1. The minimum atomic E-state index is -4.00. The fourth-order valence-electron chi connectivity index (χ4n) is 1.80. The van der Waals surface area contributed by atoms with E-state index in [1.807, 2.05) is 4.72 Å². The number of hydrogen-bond donors (Lipinski definition) is 3. The molecular weight excluding hydrogens is 376 g/mol. The van der Waals surface area contributed by atoms with Gasteiger partial charge in [0, 0.05) is 18.3 Å². The molecule has 0 heterocycles. The number of Topliss-reactive ketones (excluding diaryl/α,β-unsaturated/α-hetero) is 1. The maximum absolute atomic E-state index is 12.1. The molecule has 0 unspecified atom stereocenters. The first-order chi connectivity index (χ1) is 12.6. The van der Waals surface area contributed by atoms with Crippen LogP contribution in [-0.4, -0.2) is 39.2 Å². The fraction of sp³-hybridized carbons (Fsp3) is 0.250. The van der Waals surface area contributed by atoms with Gasteiger partial charge in [0.2, 0.25) is 21.7 Å². The Balaban J connectivity index is 2.62. The number of rotatable bonds is 8. The number of benzene rings is 1. The Morgan fingerprint density at radius 2 is 1.78 bits per heavy atom. The van der Waals surface area contributed by atoms with Gasteiger partial charge in [0.15, 0.2) is 6.61 Å². The predicted octanol–water partition coefficient (Wildman–Crippen LogP) is -0.208. The van der Waals surface area contributed by atoms with Crippen LogP contribution in [0.15, 0.2) is 40.4 Å². The van der Waals surface area contributed by atoms with Crippen LogP contribution in [0.2, 0.25) is 0 Å². The Morgan fingerprint density at radius 3 is 2.26 bits per heavy atom. The van der Waals surface area contributed by atoms with Gasteiger partial charge in [0.05, 0.1) is 4.90 Å². The van der Waals surface area contributed by atoms with Crippen molar-refractivity contribution in [2.45, 2.75) is 18.7 Å². The molecule has 144 valence electrons. The number of nitriles is 1. The maximum Gasteiger partial charge on any atom is 0.321 e. The van der Waals surface area contributed by atoms with Crippen molar-refractivity contribution in [1.29, 1.82) is 5.26 Å². The summed E-state index contributed by atoms with van der Waals surface area (Å²) in [6, 6.07) is 6.86. The van der Waals surface area contributed by atoms with Crippen LogP contribution in [-0.2, 0) is 29.1 Å². The first-order valence-electron chi connectivity index (χ1n) is 7.49. The molecule has 1 rings (SSSR count). The van der Waals surface area contributed by atoms with Crippen LogP contribution in [0.5, 0.6) is 0 Å². The van der Waals surface area contributed by atoms with Crippen molar-refractivity contribution < 1.29 is 27.5 Å². The number of nitrogens with two attached hydrogens (primary N) is 1. The maximum atomic E-state index is 12.1. The lowest BCUT2D eigenvalue weighted by Gasteiger charge is -2.08. The molecule has 0 atom stereocenters. The van der Waals surface area contributed by atoms with Crippen LogP contribution < -0.4 is 15.8 Å². The molecule has 11 heteroatoms. The van der Waals surface area contributed by atoms with Crippen LogP contribution in [0.4, 0.5) is 5.69 Å². The lowest BCUT2D eigenvalue weighted by Crippen LogP contribution is -2.31. The van der Waals surface area contributed by atoms with Crippen molar-refractivity contribution in [2.24, 2.45) is 5.73 Å². The summed E-state index contributed by atoms with van der Waals surface area (Å²) in [6.45, 7) is 1.22. The lowest BCUT2D eigenvalue weighted by molar-refractivity contribution is -0.145. The highest BCUT2D eigenvalue weighted by atomic mass is 32.2. The monoisotopic (exact) mass is 394 g/mol. The summed E-state index contributed by atoms with van der Waals surface area (Å²) in [7, 11) is -4.00. The van der Waals surface area contributed by atoms with Crippen LogP contribution in [0.3, 0.4) is 0 Å². The molecule has 1 amide bonds. The van der Waals surface area contributed by atoms with Gasteiger partial charge in [0.1, 0.15) is 18.2 Å². The van der Waals surface area contributed by atoms with Crippen molar-refractivity contribution in [3.63, 3.8) is 0 Å². The molecular formula is C16H18N4O6S. The first kappa shape index (κ1) is 21.8. The third-order valence-corrected chi connectivity index (χ3v) is 4.46. The number of nitrogens with one attached hydrogen (secondary N) is 2. The number of anilines is 1. The largest absolute Gasteiger partial charge is 0.456 e. The molecule has 27 heavy (non-hydrogen) atoms. The number of esters is 1. The Bertz CT molecular complexity index is 909. The molecule has 0 aliphatic carbocycles. The van der Waals surface area contributed by atoms with E-state index in [4.69, 9.17) is 11.0 Å². The Morgan fingerprint density at radius 1 is 1.19 bits per heavy atom. The van der Waals surface area contributed by atoms with Gasteiger partial charge in [-0.25, -0.2) is 8.42 Å². The van der Waals surface area contributed by atoms with Gasteiger partial charge >= 0.3 is 5.97 Å². The van der Waals surface area contributed by atoms with Crippen LogP contribution in [0.1, 0.15) is 13.8 Å². The van der Waals surface area contributed by atoms with E-state index in [2.05, 4.69) is 10.1 Å². The number of sulfonamides is 1. The minimum Gasteiger partial charge on any atom is -0.456 e. The summed E-state index contributed by atoms with van der Waals surface area (Å²) in [6.07, 6.45) is 0. The van der Waals surface area contributed by atoms with E-state index in [0.717, 1.165) is 0 Å². The molecule has 0 spiro atoms. The molecule has 1 aromatic rings. The van der Waals surface area contributed by atoms with Crippen molar-refractivity contribution >= 4 is 33.4 Å². The number of amides is 1. The molecule has 0 radical (unpaired) electrons. The van der Waals surface area contributed by atoms with E-state index >= 15 is 0 Å². The Labute approximate surface area is 156 Å². The highest BCUT2D eigenvalue weighted by Crippen LogP contribution is 2.13. The third-order valence-electron chi connectivity index (χ3n) is 3.04. The molecule has 0 aliphatic heterocycles. The van der Waals surface area contributed by atoms with Crippen LogP contribution in [0.25, 0.3) is 0 Å². The molecule has 10 nitrogen and oxygen atoms in total. The van der Waals surface area contributed by atoms with E-state index < -0.39 is 34.9 Å². The topological polar surface area (TPSA) is 168 Å². The van der Waals surface area contributed by atoms with Gasteiger partial charge in [0.25, 0.3) is 0 Å². The zero-order chi connectivity index (χ0) is 20.6. The average molecular weight is 394 g/mol. The summed E-state index contributed by atoms with van der Waals surface area (Å²) in [4.78, 5) is 34.1. The minimum absolute atomic E-state index is 0.0121. The lowest BCUT2D eigenvalue weighted by atomic mass is 10.1. The summed E-state index contributed by atoms with van der Waals surface area (Å²) in [5, 5.41) is 11.3. The van der Waals surface area contributed by atoms with Crippen molar-refractivity contribution in [3.05, 3.63) is 35.5 Å². The Hall–Kier alpha value is -3.23. The molecule has 0 saturated carbocycles. The van der Waals surface area contributed by atoms with Crippen LogP contribution in [0, 0.1) is 11.3 Å². The SMILES string of the molecule is CC(=O)Nc1ccc(S(=O)(=O)NCC(=O)OCC(=O)/C(C#N)=C(/C)N)cc1. The molecule has 0 aliphatic rings. The highest BCUT2D eigenvalue weighted by molar-refractivity contribution is 7.89. The number of ether oxygens (including phenoxy) is 1. The average Bonchev–Trinajstić information content (AvgIpc) is 2.58. The number of ketones is 1. The van der Waals surface area contributed by atoms with Gasteiger partial charge in [-0.1, -0.05) is 0 Å². The second-order valence-electron chi connectivity index (χ2n) is 5.28. The van der Waals surface area contributed by atoms with Gasteiger partial charge < -0.3 is 15.8 Å². The van der Waals surface area contributed by atoms with E-state index in [1.54, 1.807) is 6.07 Å². The zero-order valence-electron chi connectivity index (χ0n) is 14.6. The van der Waals surface area contributed by atoms with Gasteiger partial charge in [-0.15, -0.1) is 0 Å². The number of carbonyl (C=O) groups is 3. The fourth-order valence-corrected chi connectivity index (χ4v) is 2.77. The standard InChI is InChI=1S/C16H18N4O6S/c1-10(18)14(7-17)15(22)9-26-16(23)8-19-27(24,25)13-5-3-12(4-6-13)20-11(2)21/h3-6,19H,8-9,18H2,1-2H3,(H,20,21)/b14-10-. The predicted molar refractivity (Wildman–Crippen MR) is 94.4 cm³/mol. The summed E-state index contributed by atoms with van der Waals surface area (Å²) < 4.78 is 30.9. The van der Waals surface area contributed by atoms with Gasteiger partial charge in [-0.2, -0.15) is 9.98 Å². The van der Waals surface area contributed by atoms with E-state index in [-0.39, 0.29) is 22.1 Å². The molecule has 1 aromatic carbocycles. The van der Waals surface area contributed by atoms with Crippen LogP contribution >= 0.6 is 0 Å². The van der Waals surface area contributed by atoms with Gasteiger partial charge in [-0.3, -0.25) is 14.4 Å². The summed E-state index contributed by atoms with van der Waals surface area (Å²) >= 11 is 0. The Kier molecular flexibility index (Phi) is 7.64. The van der Waals surface area contributed by atoms with Crippen molar-refractivity contribution in [1.82, 2.24) is 4.72 Å². The van der Waals surface area contributed by atoms with E-state index in [1.165, 1.54) is 38.1 Å². The number of nitrogens with zero attached hydrogens (tertiary/aromatic N) is 1. The number of carbonyl (C=O) groups excluding carboxylic acids is 3. The van der Waals surface area contributed by atoms with E-state index in [9.17, 15) is 22.8 Å². The zero-order valence-corrected chi connectivity index (χ0v) is 15.4. The molecule has 4 N–H and O–H groups in total.